The van der Waals surface area contributed by atoms with Crippen molar-refractivity contribution < 1.29 is 4.79 Å². The number of anilines is 1. The fourth-order valence-corrected chi connectivity index (χ4v) is 3.85. The van der Waals surface area contributed by atoms with Gasteiger partial charge in [0.05, 0.1) is 0 Å². The monoisotopic (exact) mass is 312 g/mol. The van der Waals surface area contributed by atoms with Gasteiger partial charge in [-0.3, -0.25) is 0 Å². The number of urea groups is 1. The van der Waals surface area contributed by atoms with Crippen molar-refractivity contribution in [2.75, 3.05) is 17.6 Å². The fourth-order valence-electron chi connectivity index (χ4n) is 2.59. The first kappa shape index (κ1) is 15.0. The lowest BCUT2D eigenvalue weighted by atomic mass is 10.1. The third-order valence-electron chi connectivity index (χ3n) is 3.85. The second-order valence-electron chi connectivity index (χ2n) is 5.31. The Morgan fingerprint density at radius 1 is 1.18 bits per heavy atom. The minimum atomic E-state index is -0.0249. The number of nitrogens with one attached hydrogen (secondary N) is 1. The molecular formula is C18H20N2OS. The SMILES string of the molecule is CCc1ccc(NC(=O)N2CCSC2c2ccccc2)cc1. The van der Waals surface area contributed by atoms with Crippen molar-refractivity contribution in [2.24, 2.45) is 0 Å². The van der Waals surface area contributed by atoms with Crippen LogP contribution in [0.15, 0.2) is 54.6 Å². The normalized spacial score (nSPS) is 17.5. The van der Waals surface area contributed by atoms with E-state index in [1.807, 2.05) is 47.0 Å². The second-order valence-corrected chi connectivity index (χ2v) is 6.50. The van der Waals surface area contributed by atoms with Crippen molar-refractivity contribution in [1.82, 2.24) is 4.90 Å². The molecule has 1 atom stereocenters. The average molecular weight is 312 g/mol. The summed E-state index contributed by atoms with van der Waals surface area (Å²) in [5.74, 6) is 0.974. The smallest absolute Gasteiger partial charge is 0.308 e. The van der Waals surface area contributed by atoms with E-state index in [0.29, 0.717) is 0 Å². The third-order valence-corrected chi connectivity index (χ3v) is 5.11. The Morgan fingerprint density at radius 3 is 2.59 bits per heavy atom. The number of hydrogen-bond donors (Lipinski definition) is 1. The number of rotatable bonds is 3. The maximum Gasteiger partial charge on any atom is 0.323 e. The summed E-state index contributed by atoms with van der Waals surface area (Å²) < 4.78 is 0. The first-order valence-corrected chi connectivity index (χ1v) is 8.66. The molecule has 0 bridgehead atoms. The number of carbonyl (C=O) groups is 1. The average Bonchev–Trinajstić information content (AvgIpc) is 3.06. The van der Waals surface area contributed by atoms with Crippen LogP contribution in [0.4, 0.5) is 10.5 Å². The Bertz CT molecular complexity index is 627. The van der Waals surface area contributed by atoms with Crippen LogP contribution in [-0.2, 0) is 6.42 Å². The van der Waals surface area contributed by atoms with Crippen LogP contribution in [0, 0.1) is 0 Å². The first-order chi connectivity index (χ1) is 10.8. The summed E-state index contributed by atoms with van der Waals surface area (Å²) >= 11 is 1.81. The Labute approximate surface area is 135 Å². The van der Waals surface area contributed by atoms with Gasteiger partial charge in [0.25, 0.3) is 0 Å². The summed E-state index contributed by atoms with van der Waals surface area (Å²) in [5, 5.41) is 3.12. The number of amides is 2. The highest BCUT2D eigenvalue weighted by Crippen LogP contribution is 2.37. The molecule has 1 saturated heterocycles. The minimum Gasteiger partial charge on any atom is -0.308 e. The lowest BCUT2D eigenvalue weighted by molar-refractivity contribution is 0.214. The molecule has 2 aromatic carbocycles. The van der Waals surface area contributed by atoms with Crippen LogP contribution in [0.1, 0.15) is 23.4 Å². The first-order valence-electron chi connectivity index (χ1n) is 7.61. The molecule has 1 unspecified atom stereocenters. The van der Waals surface area contributed by atoms with Gasteiger partial charge in [0.15, 0.2) is 0 Å². The zero-order valence-corrected chi connectivity index (χ0v) is 13.5. The van der Waals surface area contributed by atoms with Crippen LogP contribution in [0.3, 0.4) is 0 Å². The molecule has 1 N–H and O–H groups in total. The van der Waals surface area contributed by atoms with E-state index in [1.165, 1.54) is 11.1 Å². The van der Waals surface area contributed by atoms with Gasteiger partial charge >= 0.3 is 6.03 Å². The van der Waals surface area contributed by atoms with E-state index >= 15 is 0 Å². The van der Waals surface area contributed by atoms with Gasteiger partial charge in [0.1, 0.15) is 5.37 Å². The Hall–Kier alpha value is -1.94. The molecule has 1 heterocycles. The molecule has 0 saturated carbocycles. The number of carbonyl (C=O) groups excluding carboxylic acids is 1. The lowest BCUT2D eigenvalue weighted by Crippen LogP contribution is -2.34. The largest absolute Gasteiger partial charge is 0.323 e. The van der Waals surface area contributed by atoms with Crippen LogP contribution >= 0.6 is 11.8 Å². The van der Waals surface area contributed by atoms with Crippen molar-refractivity contribution in [3.05, 3.63) is 65.7 Å². The summed E-state index contributed by atoms with van der Waals surface area (Å²) in [4.78, 5) is 14.5. The number of thioether (sulfide) groups is 1. The van der Waals surface area contributed by atoms with E-state index in [1.54, 1.807) is 0 Å². The van der Waals surface area contributed by atoms with Crippen LogP contribution in [0.25, 0.3) is 0 Å². The molecule has 4 heteroatoms. The molecule has 0 aliphatic carbocycles. The number of benzene rings is 2. The van der Waals surface area contributed by atoms with Crippen LogP contribution in [-0.4, -0.2) is 23.2 Å². The van der Waals surface area contributed by atoms with Crippen LogP contribution < -0.4 is 5.32 Å². The van der Waals surface area contributed by atoms with E-state index in [-0.39, 0.29) is 11.4 Å². The summed E-state index contributed by atoms with van der Waals surface area (Å²) in [6.07, 6.45) is 1.01. The third kappa shape index (κ3) is 3.28. The Morgan fingerprint density at radius 2 is 1.91 bits per heavy atom. The van der Waals surface area contributed by atoms with Crippen molar-refractivity contribution in [3.8, 4) is 0 Å². The minimum absolute atomic E-state index is 0.0249. The van der Waals surface area contributed by atoms with Gasteiger partial charge in [-0.1, -0.05) is 49.4 Å². The summed E-state index contributed by atoms with van der Waals surface area (Å²) in [7, 11) is 0. The van der Waals surface area contributed by atoms with Crippen molar-refractivity contribution in [1.29, 1.82) is 0 Å². The highest BCUT2D eigenvalue weighted by Gasteiger charge is 2.30. The van der Waals surface area contributed by atoms with Gasteiger partial charge in [-0.05, 0) is 29.7 Å². The zero-order valence-electron chi connectivity index (χ0n) is 12.7. The Kier molecular flexibility index (Phi) is 4.68. The molecule has 1 aliphatic heterocycles. The molecule has 2 aromatic rings. The second kappa shape index (κ2) is 6.88. The van der Waals surface area contributed by atoms with Gasteiger partial charge in [-0.25, -0.2) is 4.79 Å². The van der Waals surface area contributed by atoms with E-state index in [4.69, 9.17) is 0 Å². The molecule has 0 spiro atoms. The zero-order chi connectivity index (χ0) is 15.4. The molecule has 0 aromatic heterocycles. The highest BCUT2D eigenvalue weighted by molar-refractivity contribution is 7.99. The number of nitrogens with zero attached hydrogens (tertiary/aromatic N) is 1. The molecule has 3 rings (SSSR count). The maximum absolute atomic E-state index is 12.6. The van der Waals surface area contributed by atoms with Crippen molar-refractivity contribution in [3.63, 3.8) is 0 Å². The molecule has 114 valence electrons. The van der Waals surface area contributed by atoms with Gasteiger partial charge in [-0.2, -0.15) is 0 Å². The molecule has 22 heavy (non-hydrogen) atoms. The van der Waals surface area contributed by atoms with Crippen molar-refractivity contribution >= 4 is 23.5 Å². The molecular weight excluding hydrogens is 292 g/mol. The van der Waals surface area contributed by atoms with Crippen molar-refractivity contribution in [2.45, 2.75) is 18.7 Å². The van der Waals surface area contributed by atoms with Crippen LogP contribution in [0.2, 0.25) is 0 Å². The van der Waals surface area contributed by atoms with E-state index in [2.05, 4.69) is 36.5 Å². The van der Waals surface area contributed by atoms with Gasteiger partial charge in [0.2, 0.25) is 0 Å². The summed E-state index contributed by atoms with van der Waals surface area (Å²) in [5.41, 5.74) is 3.31. The molecule has 3 nitrogen and oxygen atoms in total. The standard InChI is InChI=1S/C18H20N2OS/c1-2-14-8-10-16(11-9-14)19-18(21)20-12-13-22-17(20)15-6-4-3-5-7-15/h3-11,17H,2,12-13H2,1H3,(H,19,21). The van der Waals surface area contributed by atoms with Gasteiger partial charge < -0.3 is 10.2 Å². The Balaban J connectivity index is 1.70. The van der Waals surface area contributed by atoms with E-state index < -0.39 is 0 Å². The van der Waals surface area contributed by atoms with E-state index in [0.717, 1.165) is 24.4 Å². The molecule has 2 amide bonds. The highest BCUT2D eigenvalue weighted by atomic mass is 32.2. The van der Waals surface area contributed by atoms with Gasteiger partial charge in [0, 0.05) is 18.0 Å². The molecule has 1 fully saturated rings. The predicted octanol–water partition coefficient (Wildman–Crippen LogP) is 4.53. The lowest BCUT2D eigenvalue weighted by Gasteiger charge is -2.24. The maximum atomic E-state index is 12.6. The summed E-state index contributed by atoms with van der Waals surface area (Å²) in [6, 6.07) is 18.2. The number of aryl methyl sites for hydroxylation is 1. The van der Waals surface area contributed by atoms with Gasteiger partial charge in [-0.15, -0.1) is 11.8 Å². The van der Waals surface area contributed by atoms with E-state index in [9.17, 15) is 4.79 Å². The fraction of sp³-hybridized carbons (Fsp3) is 0.278. The van der Waals surface area contributed by atoms with Crippen LogP contribution in [0.5, 0.6) is 0 Å². The number of hydrogen-bond acceptors (Lipinski definition) is 2. The molecule has 0 radical (unpaired) electrons. The quantitative estimate of drug-likeness (QED) is 0.903. The molecule has 1 aliphatic rings. The summed E-state index contributed by atoms with van der Waals surface area (Å²) in [6.45, 7) is 2.91. The topological polar surface area (TPSA) is 32.3 Å². The predicted molar refractivity (Wildman–Crippen MR) is 93.2 cm³/mol.